The van der Waals surface area contributed by atoms with Crippen LogP contribution in [0, 0.1) is 0 Å². The molecule has 0 aliphatic heterocycles. The van der Waals surface area contributed by atoms with Crippen LogP contribution in [-0.2, 0) is 14.4 Å². The fourth-order valence-electron chi connectivity index (χ4n) is 2.37. The van der Waals surface area contributed by atoms with Crippen LogP contribution >= 0.6 is 0 Å². The standard InChI is InChI=1S/C22H25N3O5/c1-3-30-19-11-7-17(8-12-19)23-20(26)14-15-22(28)25-24-21(27)13-6-16-4-9-18(29-2)10-5-16/h4-13H,3,14-15H2,1-2H3,(H,23,26)(H,24,27)(H,25,28)/b13-6+. The minimum Gasteiger partial charge on any atom is -0.497 e. The molecule has 2 rings (SSSR count). The van der Waals surface area contributed by atoms with Crippen molar-refractivity contribution in [3.63, 3.8) is 0 Å². The van der Waals surface area contributed by atoms with Crippen molar-refractivity contribution in [2.24, 2.45) is 0 Å². The molecule has 0 aliphatic carbocycles. The lowest BCUT2D eigenvalue weighted by Gasteiger charge is -2.08. The normalized spacial score (nSPS) is 10.3. The van der Waals surface area contributed by atoms with E-state index in [0.717, 1.165) is 11.3 Å². The van der Waals surface area contributed by atoms with Gasteiger partial charge in [0.15, 0.2) is 0 Å². The summed E-state index contributed by atoms with van der Waals surface area (Å²) < 4.78 is 10.4. The predicted octanol–water partition coefficient (Wildman–Crippen LogP) is 2.67. The number of ether oxygens (including phenoxy) is 2. The maximum atomic E-state index is 11.9. The van der Waals surface area contributed by atoms with Crippen molar-refractivity contribution in [1.82, 2.24) is 10.9 Å². The number of rotatable bonds is 9. The van der Waals surface area contributed by atoms with Crippen LogP contribution in [0.4, 0.5) is 5.69 Å². The van der Waals surface area contributed by atoms with Gasteiger partial charge in [-0.1, -0.05) is 12.1 Å². The number of hydrazine groups is 1. The fraction of sp³-hybridized carbons (Fsp3) is 0.227. The van der Waals surface area contributed by atoms with Crippen molar-refractivity contribution in [3.05, 3.63) is 60.2 Å². The van der Waals surface area contributed by atoms with Crippen LogP contribution in [0.2, 0.25) is 0 Å². The highest BCUT2D eigenvalue weighted by Gasteiger charge is 2.08. The van der Waals surface area contributed by atoms with Gasteiger partial charge in [0.1, 0.15) is 11.5 Å². The van der Waals surface area contributed by atoms with Crippen LogP contribution in [0.15, 0.2) is 54.6 Å². The molecule has 0 saturated carbocycles. The van der Waals surface area contributed by atoms with E-state index in [1.807, 2.05) is 6.92 Å². The summed E-state index contributed by atoms with van der Waals surface area (Å²) in [5, 5.41) is 2.70. The third-order valence-electron chi connectivity index (χ3n) is 3.90. The van der Waals surface area contributed by atoms with E-state index >= 15 is 0 Å². The summed E-state index contributed by atoms with van der Waals surface area (Å²) in [6.45, 7) is 2.45. The predicted molar refractivity (Wildman–Crippen MR) is 114 cm³/mol. The molecule has 0 radical (unpaired) electrons. The average Bonchev–Trinajstić information content (AvgIpc) is 2.76. The van der Waals surface area contributed by atoms with Crippen molar-refractivity contribution >= 4 is 29.5 Å². The molecule has 2 aromatic rings. The second-order valence-electron chi connectivity index (χ2n) is 6.15. The Balaban J connectivity index is 1.67. The van der Waals surface area contributed by atoms with Crippen molar-refractivity contribution in [3.8, 4) is 11.5 Å². The SMILES string of the molecule is CCOc1ccc(NC(=O)CCC(=O)NNC(=O)/C=C/c2ccc(OC)cc2)cc1. The zero-order valence-electron chi connectivity index (χ0n) is 16.9. The maximum absolute atomic E-state index is 11.9. The quantitative estimate of drug-likeness (QED) is 0.435. The number of carbonyl (C=O) groups is 3. The molecule has 0 fully saturated rings. The highest BCUT2D eigenvalue weighted by molar-refractivity contribution is 5.95. The van der Waals surface area contributed by atoms with Gasteiger partial charge in [-0.15, -0.1) is 0 Å². The summed E-state index contributed by atoms with van der Waals surface area (Å²) in [7, 11) is 1.57. The number of hydrogen-bond acceptors (Lipinski definition) is 5. The second-order valence-corrected chi connectivity index (χ2v) is 6.15. The largest absolute Gasteiger partial charge is 0.497 e. The molecule has 0 aromatic heterocycles. The third kappa shape index (κ3) is 8.05. The summed E-state index contributed by atoms with van der Waals surface area (Å²) in [5.74, 6) is 0.170. The lowest BCUT2D eigenvalue weighted by Crippen LogP contribution is -2.41. The van der Waals surface area contributed by atoms with Crippen LogP contribution in [0.5, 0.6) is 11.5 Å². The summed E-state index contributed by atoms with van der Waals surface area (Å²) in [6.07, 6.45) is 2.81. The Morgan fingerprint density at radius 3 is 2.13 bits per heavy atom. The zero-order chi connectivity index (χ0) is 21.8. The fourth-order valence-corrected chi connectivity index (χ4v) is 2.37. The Morgan fingerprint density at radius 2 is 1.50 bits per heavy atom. The third-order valence-corrected chi connectivity index (χ3v) is 3.90. The van der Waals surface area contributed by atoms with E-state index in [0.29, 0.717) is 18.0 Å². The van der Waals surface area contributed by atoms with Gasteiger partial charge in [-0.05, 0) is 55.0 Å². The number of anilines is 1. The smallest absolute Gasteiger partial charge is 0.262 e. The van der Waals surface area contributed by atoms with Gasteiger partial charge in [0, 0.05) is 24.6 Å². The highest BCUT2D eigenvalue weighted by Crippen LogP contribution is 2.16. The summed E-state index contributed by atoms with van der Waals surface area (Å²) >= 11 is 0. The number of carbonyl (C=O) groups excluding carboxylic acids is 3. The molecular formula is C22H25N3O5. The zero-order valence-corrected chi connectivity index (χ0v) is 16.9. The van der Waals surface area contributed by atoms with Crippen molar-refractivity contribution in [1.29, 1.82) is 0 Å². The van der Waals surface area contributed by atoms with Crippen LogP contribution in [0.25, 0.3) is 6.08 Å². The molecule has 8 heteroatoms. The first kappa shape index (κ1) is 22.5. The average molecular weight is 411 g/mol. The molecular weight excluding hydrogens is 386 g/mol. The molecule has 0 atom stereocenters. The van der Waals surface area contributed by atoms with Crippen LogP contribution < -0.4 is 25.6 Å². The highest BCUT2D eigenvalue weighted by atomic mass is 16.5. The molecule has 3 N–H and O–H groups in total. The van der Waals surface area contributed by atoms with Crippen molar-refractivity contribution in [2.45, 2.75) is 19.8 Å². The van der Waals surface area contributed by atoms with Crippen LogP contribution in [0.3, 0.4) is 0 Å². The van der Waals surface area contributed by atoms with Gasteiger partial charge in [0.2, 0.25) is 11.8 Å². The molecule has 158 valence electrons. The summed E-state index contributed by atoms with van der Waals surface area (Å²) in [4.78, 5) is 35.5. The maximum Gasteiger partial charge on any atom is 0.262 e. The summed E-state index contributed by atoms with van der Waals surface area (Å²) in [6, 6.07) is 14.1. The molecule has 0 spiro atoms. The van der Waals surface area contributed by atoms with Gasteiger partial charge in [0.05, 0.1) is 13.7 Å². The molecule has 0 heterocycles. The lowest BCUT2D eigenvalue weighted by atomic mass is 10.2. The Morgan fingerprint density at radius 1 is 0.867 bits per heavy atom. The monoisotopic (exact) mass is 411 g/mol. The summed E-state index contributed by atoms with van der Waals surface area (Å²) in [5.41, 5.74) is 5.96. The topological polar surface area (TPSA) is 106 Å². The van der Waals surface area contributed by atoms with Gasteiger partial charge >= 0.3 is 0 Å². The first-order valence-electron chi connectivity index (χ1n) is 9.44. The Labute approximate surface area is 175 Å². The molecule has 0 saturated heterocycles. The van der Waals surface area contributed by atoms with E-state index in [1.165, 1.54) is 6.08 Å². The van der Waals surface area contributed by atoms with Gasteiger partial charge < -0.3 is 14.8 Å². The van der Waals surface area contributed by atoms with E-state index in [-0.39, 0.29) is 18.7 Å². The van der Waals surface area contributed by atoms with Gasteiger partial charge in [0.25, 0.3) is 5.91 Å². The van der Waals surface area contributed by atoms with Gasteiger partial charge in [-0.2, -0.15) is 0 Å². The minimum atomic E-state index is -0.488. The molecule has 0 aliphatic rings. The molecule has 2 aromatic carbocycles. The Kier molecular flexibility index (Phi) is 8.92. The van der Waals surface area contributed by atoms with E-state index in [9.17, 15) is 14.4 Å². The van der Waals surface area contributed by atoms with Crippen LogP contribution in [0.1, 0.15) is 25.3 Å². The van der Waals surface area contributed by atoms with Crippen molar-refractivity contribution in [2.75, 3.05) is 19.0 Å². The number of benzene rings is 2. The number of methoxy groups -OCH3 is 1. The van der Waals surface area contributed by atoms with Gasteiger partial charge in [-0.3, -0.25) is 25.2 Å². The molecule has 8 nitrogen and oxygen atoms in total. The lowest BCUT2D eigenvalue weighted by molar-refractivity contribution is -0.128. The minimum absolute atomic E-state index is 0.0173. The van der Waals surface area contributed by atoms with E-state index in [1.54, 1.807) is 61.7 Å². The molecule has 0 unspecified atom stereocenters. The number of amides is 3. The number of hydrogen-bond donors (Lipinski definition) is 3. The van der Waals surface area contributed by atoms with Gasteiger partial charge in [-0.25, -0.2) is 0 Å². The van der Waals surface area contributed by atoms with E-state index < -0.39 is 11.8 Å². The van der Waals surface area contributed by atoms with Crippen molar-refractivity contribution < 1.29 is 23.9 Å². The molecule has 30 heavy (non-hydrogen) atoms. The van der Waals surface area contributed by atoms with E-state index in [2.05, 4.69) is 16.2 Å². The van der Waals surface area contributed by atoms with Crippen LogP contribution in [-0.4, -0.2) is 31.4 Å². The number of nitrogens with one attached hydrogen (secondary N) is 3. The molecule has 3 amide bonds. The van der Waals surface area contributed by atoms with E-state index in [4.69, 9.17) is 9.47 Å². The molecule has 0 bridgehead atoms. The first-order chi connectivity index (χ1) is 14.5. The second kappa shape index (κ2) is 11.9. The Bertz CT molecular complexity index is 877. The Hall–Kier alpha value is -3.81. The first-order valence-corrected chi connectivity index (χ1v) is 9.44.